The molecule has 1 fully saturated rings. The fraction of sp³-hybridized carbons (Fsp3) is 0.0833. The molecule has 0 aliphatic carbocycles. The Morgan fingerprint density at radius 3 is 2.42 bits per heavy atom. The van der Waals surface area contributed by atoms with E-state index in [1.807, 2.05) is 60.7 Å². The molecule has 31 heavy (non-hydrogen) atoms. The number of thioether (sulfide) groups is 1. The maximum atomic E-state index is 12.8. The molecule has 0 atom stereocenters. The summed E-state index contributed by atoms with van der Waals surface area (Å²) in [6.45, 7) is 0.650. The van der Waals surface area contributed by atoms with Crippen molar-refractivity contribution in [1.82, 2.24) is 4.90 Å². The number of amides is 2. The first-order chi connectivity index (χ1) is 15.0. The van der Waals surface area contributed by atoms with Gasteiger partial charge in [0.05, 0.1) is 16.5 Å². The predicted octanol–water partition coefficient (Wildman–Crippen LogP) is 6.92. The second kappa shape index (κ2) is 9.73. The summed E-state index contributed by atoms with van der Waals surface area (Å²) in [5.41, 5.74) is 2.66. The number of hydrogen-bond donors (Lipinski definition) is 0. The van der Waals surface area contributed by atoms with Gasteiger partial charge in [-0.2, -0.15) is 0 Å². The van der Waals surface area contributed by atoms with Gasteiger partial charge >= 0.3 is 0 Å². The van der Waals surface area contributed by atoms with Crippen molar-refractivity contribution in [3.8, 4) is 5.75 Å². The number of halogens is 2. The van der Waals surface area contributed by atoms with Gasteiger partial charge in [0.15, 0.2) is 0 Å². The summed E-state index contributed by atoms with van der Waals surface area (Å²) >= 11 is 10.7. The minimum absolute atomic E-state index is 0.238. The van der Waals surface area contributed by atoms with E-state index in [1.54, 1.807) is 18.2 Å². The van der Waals surface area contributed by atoms with Crippen molar-refractivity contribution in [1.29, 1.82) is 0 Å². The Morgan fingerprint density at radius 1 is 0.968 bits per heavy atom. The molecule has 3 aromatic rings. The van der Waals surface area contributed by atoms with E-state index < -0.39 is 0 Å². The molecule has 0 aromatic heterocycles. The van der Waals surface area contributed by atoms with Crippen molar-refractivity contribution in [3.63, 3.8) is 0 Å². The van der Waals surface area contributed by atoms with Crippen LogP contribution in [0.5, 0.6) is 5.75 Å². The van der Waals surface area contributed by atoms with Crippen LogP contribution in [0.2, 0.25) is 5.02 Å². The summed E-state index contributed by atoms with van der Waals surface area (Å²) in [5, 5.41) is 0.159. The molecule has 0 bridgehead atoms. The van der Waals surface area contributed by atoms with Crippen molar-refractivity contribution in [2.45, 2.75) is 13.2 Å². The highest BCUT2D eigenvalue weighted by molar-refractivity contribution is 9.10. The summed E-state index contributed by atoms with van der Waals surface area (Å²) in [7, 11) is 0. The van der Waals surface area contributed by atoms with Crippen LogP contribution in [0.3, 0.4) is 0 Å². The number of benzene rings is 3. The van der Waals surface area contributed by atoms with Crippen molar-refractivity contribution in [2.24, 2.45) is 0 Å². The Kier molecular flexibility index (Phi) is 6.80. The number of ether oxygens (including phenoxy) is 1. The fourth-order valence-electron chi connectivity index (χ4n) is 3.02. The van der Waals surface area contributed by atoms with Crippen molar-refractivity contribution >= 4 is 56.5 Å². The van der Waals surface area contributed by atoms with Crippen molar-refractivity contribution in [3.05, 3.63) is 104 Å². The zero-order chi connectivity index (χ0) is 21.8. The van der Waals surface area contributed by atoms with E-state index in [-0.39, 0.29) is 17.7 Å². The zero-order valence-corrected chi connectivity index (χ0v) is 19.4. The van der Waals surface area contributed by atoms with E-state index in [1.165, 1.54) is 4.90 Å². The van der Waals surface area contributed by atoms with Crippen LogP contribution in [0, 0.1) is 0 Å². The predicted molar refractivity (Wildman–Crippen MR) is 128 cm³/mol. The summed E-state index contributed by atoms with van der Waals surface area (Å²) in [6, 6.07) is 22.6. The second-order valence-electron chi connectivity index (χ2n) is 6.86. The standard InChI is InChI=1S/C24H17BrClNO3S/c25-19-9-6-16(7-10-19)14-27-23(28)22(31-24(27)29)13-18-8-11-21(20(26)12-18)30-15-17-4-2-1-3-5-17/h1-13H,14-15H2/b22-13-. The largest absolute Gasteiger partial charge is 0.487 e. The van der Waals surface area contributed by atoms with Gasteiger partial charge in [0.25, 0.3) is 11.1 Å². The quantitative estimate of drug-likeness (QED) is 0.335. The maximum absolute atomic E-state index is 12.8. The molecule has 4 rings (SSSR count). The number of imide groups is 1. The summed E-state index contributed by atoms with van der Waals surface area (Å²) < 4.78 is 6.73. The lowest BCUT2D eigenvalue weighted by atomic mass is 10.2. The third kappa shape index (κ3) is 5.39. The third-order valence-corrected chi connectivity index (χ3v) is 6.35. The number of rotatable bonds is 6. The Hall–Kier alpha value is -2.54. The summed E-state index contributed by atoms with van der Waals surface area (Å²) in [5.74, 6) is 0.254. The highest BCUT2D eigenvalue weighted by Gasteiger charge is 2.35. The molecule has 1 heterocycles. The molecule has 2 amide bonds. The van der Waals surface area contributed by atoms with Gasteiger partial charge in [0.1, 0.15) is 12.4 Å². The molecule has 1 aliphatic heterocycles. The lowest BCUT2D eigenvalue weighted by molar-refractivity contribution is -0.123. The molecule has 7 heteroatoms. The van der Waals surface area contributed by atoms with E-state index in [2.05, 4.69) is 15.9 Å². The van der Waals surface area contributed by atoms with Gasteiger partial charge in [0, 0.05) is 4.47 Å². The number of nitrogens with zero attached hydrogens (tertiary/aromatic N) is 1. The summed E-state index contributed by atoms with van der Waals surface area (Å²) in [4.78, 5) is 26.7. The molecular formula is C24H17BrClNO3S. The molecule has 0 saturated carbocycles. The Balaban J connectivity index is 1.45. The van der Waals surface area contributed by atoms with E-state index in [4.69, 9.17) is 16.3 Å². The average molecular weight is 515 g/mol. The second-order valence-corrected chi connectivity index (χ2v) is 9.17. The highest BCUT2D eigenvalue weighted by atomic mass is 79.9. The molecule has 1 saturated heterocycles. The first-order valence-electron chi connectivity index (χ1n) is 9.46. The molecule has 4 nitrogen and oxygen atoms in total. The van der Waals surface area contributed by atoms with Gasteiger partial charge in [-0.05, 0) is 58.8 Å². The SMILES string of the molecule is O=C1S/C(=C\c2ccc(OCc3ccccc3)c(Cl)c2)C(=O)N1Cc1ccc(Br)cc1. The van der Waals surface area contributed by atoms with Crippen LogP contribution in [0.25, 0.3) is 6.08 Å². The summed E-state index contributed by atoms with van der Waals surface area (Å²) in [6.07, 6.45) is 1.68. The zero-order valence-electron chi connectivity index (χ0n) is 16.3. The molecule has 3 aromatic carbocycles. The van der Waals surface area contributed by atoms with E-state index in [0.717, 1.165) is 32.9 Å². The molecule has 1 aliphatic rings. The van der Waals surface area contributed by atoms with Crippen LogP contribution >= 0.6 is 39.3 Å². The Labute approximate surface area is 198 Å². The first-order valence-corrected chi connectivity index (χ1v) is 11.4. The first kappa shape index (κ1) is 21.7. The smallest absolute Gasteiger partial charge is 0.293 e. The van der Waals surface area contributed by atoms with Gasteiger partial charge in [0.2, 0.25) is 0 Å². The topological polar surface area (TPSA) is 46.6 Å². The normalized spacial score (nSPS) is 15.0. The molecular weight excluding hydrogens is 498 g/mol. The molecule has 156 valence electrons. The average Bonchev–Trinajstić information content (AvgIpc) is 3.03. The van der Waals surface area contributed by atoms with Crippen molar-refractivity contribution in [2.75, 3.05) is 0 Å². The monoisotopic (exact) mass is 513 g/mol. The highest BCUT2D eigenvalue weighted by Crippen LogP contribution is 2.35. The van der Waals surface area contributed by atoms with Gasteiger partial charge < -0.3 is 4.74 Å². The van der Waals surface area contributed by atoms with Gasteiger partial charge in [-0.15, -0.1) is 0 Å². The number of carbonyl (C=O) groups excluding carboxylic acids is 2. The Bertz CT molecular complexity index is 1150. The minimum atomic E-state index is -0.307. The van der Waals surface area contributed by atoms with Crippen LogP contribution < -0.4 is 4.74 Å². The van der Waals surface area contributed by atoms with E-state index in [9.17, 15) is 9.59 Å². The molecule has 0 spiro atoms. The van der Waals surface area contributed by atoms with E-state index >= 15 is 0 Å². The van der Waals surface area contributed by atoms with Crippen LogP contribution in [0.4, 0.5) is 4.79 Å². The number of carbonyl (C=O) groups is 2. The molecule has 0 radical (unpaired) electrons. The maximum Gasteiger partial charge on any atom is 0.293 e. The molecule has 0 N–H and O–H groups in total. The fourth-order valence-corrected chi connectivity index (χ4v) is 4.37. The minimum Gasteiger partial charge on any atom is -0.487 e. The molecule has 0 unspecified atom stereocenters. The number of hydrogen-bond acceptors (Lipinski definition) is 4. The lowest BCUT2D eigenvalue weighted by Crippen LogP contribution is -2.27. The van der Waals surface area contributed by atoms with Gasteiger partial charge in [-0.3, -0.25) is 14.5 Å². The van der Waals surface area contributed by atoms with E-state index in [0.29, 0.717) is 22.3 Å². The Morgan fingerprint density at radius 2 is 1.71 bits per heavy atom. The van der Waals surface area contributed by atoms with Gasteiger partial charge in [-0.25, -0.2) is 0 Å². The lowest BCUT2D eigenvalue weighted by Gasteiger charge is -2.12. The van der Waals surface area contributed by atoms with Crippen LogP contribution in [0.15, 0.2) is 82.2 Å². The van der Waals surface area contributed by atoms with Crippen LogP contribution in [-0.2, 0) is 17.9 Å². The van der Waals surface area contributed by atoms with Gasteiger partial charge in [-0.1, -0.05) is 76.1 Å². The van der Waals surface area contributed by atoms with Crippen LogP contribution in [0.1, 0.15) is 16.7 Å². The van der Waals surface area contributed by atoms with Crippen molar-refractivity contribution < 1.29 is 14.3 Å². The third-order valence-electron chi connectivity index (χ3n) is 4.62. The van der Waals surface area contributed by atoms with Crippen LogP contribution in [-0.4, -0.2) is 16.0 Å².